The lowest BCUT2D eigenvalue weighted by Crippen LogP contribution is -2.22. The lowest BCUT2D eigenvalue weighted by atomic mass is 10.1. The van der Waals surface area contributed by atoms with Crippen LogP contribution in [0.15, 0.2) is 40.9 Å². The van der Waals surface area contributed by atoms with Crippen molar-refractivity contribution in [2.45, 2.75) is 41.2 Å². The zero-order valence-electron chi connectivity index (χ0n) is 18.4. The number of rotatable bonds is 7. The molecule has 0 spiro atoms. The molecule has 0 aliphatic rings. The zero-order chi connectivity index (χ0) is 22.5. The van der Waals surface area contributed by atoms with E-state index in [0.29, 0.717) is 11.5 Å². The highest BCUT2D eigenvalue weighted by atomic mass is 16.5. The summed E-state index contributed by atoms with van der Waals surface area (Å²) in [5.41, 5.74) is 5.56. The van der Waals surface area contributed by atoms with Gasteiger partial charge >= 0.3 is 5.97 Å². The van der Waals surface area contributed by atoms with Crippen LogP contribution in [0, 0.1) is 34.6 Å². The smallest absolute Gasteiger partial charge is 0.342 e. The molecule has 0 radical (unpaired) electrons. The Kier molecular flexibility index (Phi) is 6.74. The number of nitrogens with zero attached hydrogens (tertiary/aromatic N) is 1. The topological polar surface area (TPSA) is 90.7 Å². The van der Waals surface area contributed by atoms with E-state index in [9.17, 15) is 9.59 Å². The predicted molar refractivity (Wildman–Crippen MR) is 116 cm³/mol. The molecule has 162 valence electrons. The summed E-state index contributed by atoms with van der Waals surface area (Å²) < 4.78 is 16.2. The minimum absolute atomic E-state index is 0.206. The third-order valence-electron chi connectivity index (χ3n) is 4.94. The van der Waals surface area contributed by atoms with Crippen LogP contribution >= 0.6 is 0 Å². The highest BCUT2D eigenvalue weighted by molar-refractivity contribution is 5.97. The molecule has 0 saturated heterocycles. The molecular weight excluding hydrogens is 396 g/mol. The number of nitrogens with one attached hydrogen (secondary N) is 1. The van der Waals surface area contributed by atoms with Gasteiger partial charge in [-0.15, -0.1) is 0 Å². The lowest BCUT2D eigenvalue weighted by molar-refractivity contribution is -0.119. The van der Waals surface area contributed by atoms with E-state index in [2.05, 4.69) is 10.5 Å². The Morgan fingerprint density at radius 2 is 1.71 bits per heavy atom. The van der Waals surface area contributed by atoms with Gasteiger partial charge in [-0.1, -0.05) is 35.0 Å². The Labute approximate surface area is 181 Å². The van der Waals surface area contributed by atoms with Crippen LogP contribution in [-0.4, -0.2) is 23.6 Å². The Bertz CT molecular complexity index is 1070. The van der Waals surface area contributed by atoms with Crippen molar-refractivity contribution in [3.05, 3.63) is 75.7 Å². The Balaban J connectivity index is 1.63. The molecule has 0 bridgehead atoms. The quantitative estimate of drug-likeness (QED) is 0.560. The fourth-order valence-corrected chi connectivity index (χ4v) is 3.38. The summed E-state index contributed by atoms with van der Waals surface area (Å²) in [6, 6.07) is 10.7. The van der Waals surface area contributed by atoms with Crippen LogP contribution in [0.3, 0.4) is 0 Å². The molecule has 7 nitrogen and oxygen atoms in total. The molecule has 0 unspecified atom stereocenters. The average molecular weight is 422 g/mol. The molecule has 1 N–H and O–H groups in total. The average Bonchev–Trinajstić information content (AvgIpc) is 3.05. The molecular formula is C24H26N2O5. The molecule has 0 saturated carbocycles. The van der Waals surface area contributed by atoms with E-state index in [4.69, 9.17) is 14.0 Å². The number of aryl methyl sites for hydroxylation is 5. The maximum Gasteiger partial charge on any atom is 0.342 e. The first-order valence-electron chi connectivity index (χ1n) is 9.94. The highest BCUT2D eigenvalue weighted by Crippen LogP contribution is 2.23. The molecule has 0 aliphatic carbocycles. The first kappa shape index (κ1) is 22.1. The van der Waals surface area contributed by atoms with Gasteiger partial charge in [-0.05, 0) is 57.9 Å². The van der Waals surface area contributed by atoms with Gasteiger partial charge in [-0.3, -0.25) is 4.79 Å². The predicted octanol–water partition coefficient (Wildman–Crippen LogP) is 4.59. The van der Waals surface area contributed by atoms with Gasteiger partial charge in [0.2, 0.25) is 0 Å². The number of para-hydroxylation sites is 1. The summed E-state index contributed by atoms with van der Waals surface area (Å²) in [6.07, 6.45) is 0. The van der Waals surface area contributed by atoms with Crippen LogP contribution in [0.1, 0.15) is 44.1 Å². The number of amides is 1. The fourth-order valence-electron chi connectivity index (χ4n) is 3.38. The van der Waals surface area contributed by atoms with Gasteiger partial charge in [0.05, 0.1) is 11.3 Å². The summed E-state index contributed by atoms with van der Waals surface area (Å²) in [6.45, 7) is 9.28. The van der Waals surface area contributed by atoms with E-state index in [1.165, 1.54) is 0 Å². The van der Waals surface area contributed by atoms with Gasteiger partial charge in [0.1, 0.15) is 23.7 Å². The normalized spacial score (nSPS) is 10.6. The minimum Gasteiger partial charge on any atom is -0.488 e. The second-order valence-electron chi connectivity index (χ2n) is 7.49. The van der Waals surface area contributed by atoms with Gasteiger partial charge in [0, 0.05) is 5.69 Å². The first-order chi connectivity index (χ1) is 14.8. The number of esters is 1. The third-order valence-corrected chi connectivity index (χ3v) is 4.94. The van der Waals surface area contributed by atoms with Gasteiger partial charge < -0.3 is 19.3 Å². The highest BCUT2D eigenvalue weighted by Gasteiger charge is 2.17. The van der Waals surface area contributed by atoms with E-state index >= 15 is 0 Å². The third kappa shape index (κ3) is 5.31. The zero-order valence-corrected chi connectivity index (χ0v) is 18.4. The number of aromatic nitrogens is 1. The molecule has 3 rings (SSSR count). The number of anilines is 1. The maximum absolute atomic E-state index is 12.6. The van der Waals surface area contributed by atoms with Crippen LogP contribution in [0.2, 0.25) is 0 Å². The van der Waals surface area contributed by atoms with Crippen molar-refractivity contribution in [3.8, 4) is 5.75 Å². The number of carbonyl (C=O) groups excluding carboxylic acids is 2. The van der Waals surface area contributed by atoms with Crippen molar-refractivity contribution >= 4 is 17.6 Å². The van der Waals surface area contributed by atoms with Crippen molar-refractivity contribution in [2.75, 3.05) is 11.9 Å². The van der Waals surface area contributed by atoms with Crippen LogP contribution in [0.25, 0.3) is 0 Å². The van der Waals surface area contributed by atoms with Crippen molar-refractivity contribution in [1.82, 2.24) is 5.16 Å². The Hall–Kier alpha value is -3.61. The first-order valence-corrected chi connectivity index (χ1v) is 9.94. The monoisotopic (exact) mass is 422 g/mol. The van der Waals surface area contributed by atoms with Gasteiger partial charge in [-0.2, -0.15) is 0 Å². The number of ether oxygens (including phenoxy) is 2. The molecule has 0 fully saturated rings. The van der Waals surface area contributed by atoms with Gasteiger partial charge in [0.15, 0.2) is 6.61 Å². The Morgan fingerprint density at radius 1 is 1.03 bits per heavy atom. The van der Waals surface area contributed by atoms with Crippen molar-refractivity contribution in [3.63, 3.8) is 0 Å². The Morgan fingerprint density at radius 3 is 2.35 bits per heavy atom. The lowest BCUT2D eigenvalue weighted by Gasteiger charge is -2.14. The fraction of sp³-hybridized carbons (Fsp3) is 0.292. The van der Waals surface area contributed by atoms with Crippen LogP contribution in [0.5, 0.6) is 5.75 Å². The van der Waals surface area contributed by atoms with Crippen molar-refractivity contribution in [2.24, 2.45) is 0 Å². The molecule has 1 amide bonds. The van der Waals surface area contributed by atoms with E-state index in [0.717, 1.165) is 33.6 Å². The van der Waals surface area contributed by atoms with Crippen LogP contribution in [-0.2, 0) is 16.1 Å². The molecule has 0 aliphatic heterocycles. The molecule has 1 aromatic heterocycles. The van der Waals surface area contributed by atoms with Crippen molar-refractivity contribution < 1.29 is 23.6 Å². The summed E-state index contributed by atoms with van der Waals surface area (Å²) >= 11 is 0. The number of hydrogen-bond donors (Lipinski definition) is 1. The SMILES string of the molecule is Cc1cc(C)c(NC(=O)COC(=O)c2ccccc2OCc2c(C)noc2C)c(C)c1. The number of benzene rings is 2. The van der Waals surface area contributed by atoms with Gasteiger partial charge in [0.25, 0.3) is 5.91 Å². The van der Waals surface area contributed by atoms with E-state index in [1.807, 2.05) is 39.8 Å². The summed E-state index contributed by atoms with van der Waals surface area (Å²) in [7, 11) is 0. The van der Waals surface area contributed by atoms with Crippen LogP contribution in [0.4, 0.5) is 5.69 Å². The van der Waals surface area contributed by atoms with Crippen molar-refractivity contribution in [1.29, 1.82) is 0 Å². The molecule has 0 atom stereocenters. The number of carbonyl (C=O) groups is 2. The summed E-state index contributed by atoms with van der Waals surface area (Å²) in [5.74, 6) is -0.0200. The second kappa shape index (κ2) is 9.47. The summed E-state index contributed by atoms with van der Waals surface area (Å²) in [5, 5.41) is 6.71. The van der Waals surface area contributed by atoms with E-state index in [-0.39, 0.29) is 12.2 Å². The largest absolute Gasteiger partial charge is 0.488 e. The minimum atomic E-state index is -0.637. The van der Waals surface area contributed by atoms with Crippen LogP contribution < -0.4 is 10.1 Å². The maximum atomic E-state index is 12.6. The van der Waals surface area contributed by atoms with E-state index < -0.39 is 18.5 Å². The molecule has 7 heteroatoms. The molecule has 3 aromatic rings. The summed E-state index contributed by atoms with van der Waals surface area (Å²) in [4.78, 5) is 24.9. The molecule has 31 heavy (non-hydrogen) atoms. The second-order valence-corrected chi connectivity index (χ2v) is 7.49. The number of hydrogen-bond acceptors (Lipinski definition) is 6. The standard InChI is InChI=1S/C24H26N2O5/c1-14-10-15(2)23(16(3)11-14)25-22(27)13-30-24(28)19-8-6-7-9-21(19)29-12-20-17(4)26-31-18(20)5/h6-11H,12-13H2,1-5H3,(H,25,27). The van der Waals surface area contributed by atoms with E-state index in [1.54, 1.807) is 31.2 Å². The van der Waals surface area contributed by atoms with Gasteiger partial charge in [-0.25, -0.2) is 4.79 Å². The molecule has 1 heterocycles. The molecule has 2 aromatic carbocycles.